The van der Waals surface area contributed by atoms with Crippen molar-refractivity contribution in [1.29, 1.82) is 0 Å². The largest absolute Gasteiger partial charge is 0.335 e. The van der Waals surface area contributed by atoms with E-state index in [4.69, 9.17) is 0 Å². The first kappa shape index (κ1) is 23.4. The molecular weight excluding hydrogens is 390 g/mol. The first-order chi connectivity index (χ1) is 13.7. The van der Waals surface area contributed by atoms with Crippen LogP contribution in [0.2, 0.25) is 0 Å². The summed E-state index contributed by atoms with van der Waals surface area (Å²) >= 11 is 0. The monoisotopic (exact) mass is 423 g/mol. The van der Waals surface area contributed by atoms with Crippen molar-refractivity contribution in [3.05, 3.63) is 30.1 Å². The number of amides is 3. The Hall–Kier alpha value is -1.86. The van der Waals surface area contributed by atoms with E-state index in [-0.39, 0.29) is 43.0 Å². The lowest BCUT2D eigenvalue weighted by molar-refractivity contribution is -0.133. The van der Waals surface area contributed by atoms with Crippen LogP contribution in [-0.4, -0.2) is 53.5 Å². The molecule has 2 heterocycles. The molecular formula is C21H34ClN5O2. The molecule has 1 aromatic rings. The van der Waals surface area contributed by atoms with Crippen LogP contribution in [0.1, 0.15) is 57.1 Å². The highest BCUT2D eigenvalue weighted by Crippen LogP contribution is 2.18. The maximum atomic E-state index is 13.0. The average Bonchev–Trinajstić information content (AvgIpc) is 3.01. The van der Waals surface area contributed by atoms with Gasteiger partial charge in [-0.15, -0.1) is 12.4 Å². The molecule has 7 nitrogen and oxygen atoms in total. The normalized spacial score (nSPS) is 20.1. The molecule has 3 amide bonds. The van der Waals surface area contributed by atoms with E-state index < -0.39 is 0 Å². The summed E-state index contributed by atoms with van der Waals surface area (Å²) in [4.78, 5) is 31.5. The zero-order valence-electron chi connectivity index (χ0n) is 17.1. The molecule has 0 radical (unpaired) electrons. The topological polar surface area (TPSA) is 86.4 Å². The SMILES string of the molecule is Cl.O=C(NCC(=O)N(Cc1ccccn1)C1CCCNCC1)NC1CCCCC1. The summed E-state index contributed by atoms with van der Waals surface area (Å²) in [6, 6.07) is 5.94. The lowest BCUT2D eigenvalue weighted by Gasteiger charge is -2.31. The minimum absolute atomic E-state index is 0. The number of rotatable bonds is 6. The van der Waals surface area contributed by atoms with Crippen LogP contribution in [0.4, 0.5) is 4.79 Å². The van der Waals surface area contributed by atoms with E-state index in [0.717, 1.165) is 63.7 Å². The van der Waals surface area contributed by atoms with Gasteiger partial charge in [0.1, 0.15) is 0 Å². The Balaban J connectivity index is 0.00000300. The van der Waals surface area contributed by atoms with Gasteiger partial charge in [-0.05, 0) is 57.3 Å². The van der Waals surface area contributed by atoms with Crippen molar-refractivity contribution in [3.63, 3.8) is 0 Å². The maximum Gasteiger partial charge on any atom is 0.315 e. The van der Waals surface area contributed by atoms with Gasteiger partial charge in [0, 0.05) is 18.3 Å². The van der Waals surface area contributed by atoms with Crippen LogP contribution >= 0.6 is 12.4 Å². The van der Waals surface area contributed by atoms with E-state index in [1.165, 1.54) is 6.42 Å². The molecule has 3 N–H and O–H groups in total. The second kappa shape index (κ2) is 12.6. The number of hydrogen-bond donors (Lipinski definition) is 3. The lowest BCUT2D eigenvalue weighted by atomic mass is 9.96. The molecule has 1 saturated heterocycles. The van der Waals surface area contributed by atoms with Gasteiger partial charge in [0.2, 0.25) is 5.91 Å². The Labute approximate surface area is 179 Å². The van der Waals surface area contributed by atoms with E-state index in [0.29, 0.717) is 6.54 Å². The van der Waals surface area contributed by atoms with Crippen molar-refractivity contribution in [1.82, 2.24) is 25.8 Å². The molecule has 8 heteroatoms. The molecule has 3 rings (SSSR count). The van der Waals surface area contributed by atoms with Crippen LogP contribution < -0.4 is 16.0 Å². The number of carbonyl (C=O) groups is 2. The Morgan fingerprint density at radius 3 is 2.66 bits per heavy atom. The first-order valence-corrected chi connectivity index (χ1v) is 10.7. The van der Waals surface area contributed by atoms with E-state index in [2.05, 4.69) is 20.9 Å². The van der Waals surface area contributed by atoms with Crippen molar-refractivity contribution in [2.45, 2.75) is 70.0 Å². The number of urea groups is 1. The van der Waals surface area contributed by atoms with Gasteiger partial charge in [-0.2, -0.15) is 0 Å². The minimum Gasteiger partial charge on any atom is -0.335 e. The molecule has 1 aromatic heterocycles. The van der Waals surface area contributed by atoms with Gasteiger partial charge in [0.15, 0.2) is 0 Å². The molecule has 0 spiro atoms. The fraction of sp³-hybridized carbons (Fsp3) is 0.667. The number of hydrogen-bond acceptors (Lipinski definition) is 4. The number of carbonyl (C=O) groups excluding carboxylic acids is 2. The first-order valence-electron chi connectivity index (χ1n) is 10.7. The van der Waals surface area contributed by atoms with Crippen molar-refractivity contribution in [2.24, 2.45) is 0 Å². The predicted molar refractivity (Wildman–Crippen MR) is 116 cm³/mol. The van der Waals surface area contributed by atoms with Crippen LogP contribution in [0, 0.1) is 0 Å². The summed E-state index contributed by atoms with van der Waals surface area (Å²) in [5.41, 5.74) is 0.875. The highest BCUT2D eigenvalue weighted by atomic mass is 35.5. The zero-order valence-corrected chi connectivity index (χ0v) is 17.9. The summed E-state index contributed by atoms with van der Waals surface area (Å²) in [6.07, 6.45) is 10.3. The third-order valence-electron chi connectivity index (χ3n) is 5.71. The summed E-state index contributed by atoms with van der Waals surface area (Å²) in [5.74, 6) is -0.0450. The van der Waals surface area contributed by atoms with Gasteiger partial charge in [0.25, 0.3) is 0 Å². The lowest BCUT2D eigenvalue weighted by Crippen LogP contribution is -2.49. The molecule has 1 aliphatic heterocycles. The highest BCUT2D eigenvalue weighted by molar-refractivity contribution is 5.85. The molecule has 162 valence electrons. The second-order valence-corrected chi connectivity index (χ2v) is 7.84. The van der Waals surface area contributed by atoms with Gasteiger partial charge in [-0.1, -0.05) is 25.3 Å². The predicted octanol–water partition coefficient (Wildman–Crippen LogP) is 2.61. The number of nitrogens with one attached hydrogen (secondary N) is 3. The summed E-state index contributed by atoms with van der Waals surface area (Å²) in [5, 5.41) is 9.18. The minimum atomic E-state index is -0.236. The van der Waals surface area contributed by atoms with E-state index in [1.54, 1.807) is 6.20 Å². The third kappa shape index (κ3) is 7.82. The standard InChI is InChI=1S/C21H33N5O2.ClH/c27-20(15-24-21(28)25-17-7-2-1-3-8-17)26(16-18-9-4-5-13-23-18)19-10-6-12-22-14-11-19;/h4-5,9,13,17,19,22H,1-3,6-8,10-12,14-16H2,(H2,24,25,28);1H. The van der Waals surface area contributed by atoms with Gasteiger partial charge in [-0.25, -0.2) is 4.79 Å². The number of aromatic nitrogens is 1. The summed E-state index contributed by atoms with van der Waals surface area (Å²) in [7, 11) is 0. The molecule has 1 saturated carbocycles. The molecule has 29 heavy (non-hydrogen) atoms. The fourth-order valence-corrected chi connectivity index (χ4v) is 4.14. The van der Waals surface area contributed by atoms with Crippen molar-refractivity contribution in [2.75, 3.05) is 19.6 Å². The van der Waals surface area contributed by atoms with Crippen LogP contribution in [0.3, 0.4) is 0 Å². The molecule has 1 aliphatic carbocycles. The Morgan fingerprint density at radius 1 is 1.07 bits per heavy atom. The summed E-state index contributed by atoms with van der Waals surface area (Å²) < 4.78 is 0. The van der Waals surface area contributed by atoms with E-state index >= 15 is 0 Å². The Morgan fingerprint density at radius 2 is 1.90 bits per heavy atom. The van der Waals surface area contributed by atoms with Gasteiger partial charge in [0.05, 0.1) is 18.8 Å². The van der Waals surface area contributed by atoms with E-state index in [1.807, 2.05) is 23.1 Å². The smallest absolute Gasteiger partial charge is 0.315 e. The molecule has 2 aliphatic rings. The van der Waals surface area contributed by atoms with Gasteiger partial charge < -0.3 is 20.9 Å². The van der Waals surface area contributed by atoms with E-state index in [9.17, 15) is 9.59 Å². The molecule has 2 fully saturated rings. The zero-order chi connectivity index (χ0) is 19.6. The van der Waals surface area contributed by atoms with Crippen LogP contribution in [-0.2, 0) is 11.3 Å². The number of nitrogens with zero attached hydrogens (tertiary/aromatic N) is 2. The van der Waals surface area contributed by atoms with Crippen LogP contribution in [0.5, 0.6) is 0 Å². The second-order valence-electron chi connectivity index (χ2n) is 7.84. The average molecular weight is 424 g/mol. The van der Waals surface area contributed by atoms with Gasteiger partial charge in [-0.3, -0.25) is 9.78 Å². The Kier molecular flexibility index (Phi) is 10.2. The quantitative estimate of drug-likeness (QED) is 0.656. The summed E-state index contributed by atoms with van der Waals surface area (Å²) in [6.45, 7) is 2.40. The highest BCUT2D eigenvalue weighted by Gasteiger charge is 2.25. The third-order valence-corrected chi connectivity index (χ3v) is 5.71. The molecule has 0 aromatic carbocycles. The van der Waals surface area contributed by atoms with Crippen molar-refractivity contribution >= 4 is 24.3 Å². The maximum absolute atomic E-state index is 13.0. The van der Waals surface area contributed by atoms with Crippen molar-refractivity contribution in [3.8, 4) is 0 Å². The van der Waals surface area contributed by atoms with Crippen LogP contribution in [0.25, 0.3) is 0 Å². The number of halogens is 1. The van der Waals surface area contributed by atoms with Gasteiger partial charge >= 0.3 is 6.03 Å². The molecule has 1 atom stereocenters. The Bertz CT molecular complexity index is 617. The van der Waals surface area contributed by atoms with Crippen LogP contribution in [0.15, 0.2) is 24.4 Å². The van der Waals surface area contributed by atoms with Crippen molar-refractivity contribution < 1.29 is 9.59 Å². The molecule has 1 unspecified atom stereocenters. The molecule has 0 bridgehead atoms. The fourth-order valence-electron chi connectivity index (χ4n) is 4.14. The number of pyridine rings is 1.